The number of amides is 1. The van der Waals surface area contributed by atoms with E-state index in [0.29, 0.717) is 6.54 Å². The van der Waals surface area contributed by atoms with Crippen LogP contribution in [0.1, 0.15) is 39.0 Å². The summed E-state index contributed by atoms with van der Waals surface area (Å²) in [5.74, 6) is -0.281. The summed E-state index contributed by atoms with van der Waals surface area (Å²) in [5, 5.41) is 2.72. The fourth-order valence-electron chi connectivity index (χ4n) is 1.83. The van der Waals surface area contributed by atoms with Crippen LogP contribution in [0.3, 0.4) is 0 Å². The Morgan fingerprint density at radius 1 is 1.39 bits per heavy atom. The Hall–Kier alpha value is -0.880. The van der Waals surface area contributed by atoms with E-state index in [4.69, 9.17) is 0 Å². The zero-order valence-corrected chi connectivity index (χ0v) is 11.7. The summed E-state index contributed by atoms with van der Waals surface area (Å²) in [6.45, 7) is 1.95. The molecule has 0 unspecified atom stereocenters. The van der Waals surface area contributed by atoms with E-state index >= 15 is 0 Å². The van der Waals surface area contributed by atoms with Crippen molar-refractivity contribution in [3.63, 3.8) is 0 Å². The highest BCUT2D eigenvalue weighted by molar-refractivity contribution is 7.89. The molecule has 6 heteroatoms. The van der Waals surface area contributed by atoms with E-state index in [1.807, 2.05) is 0 Å². The third-order valence-corrected chi connectivity index (χ3v) is 4.33. The first-order chi connectivity index (χ1) is 8.53. The second-order valence-electron chi connectivity index (χ2n) is 4.43. The lowest BCUT2D eigenvalue weighted by atomic mass is 9.97. The van der Waals surface area contributed by atoms with Crippen LogP contribution in [0.5, 0.6) is 0 Å². The predicted molar refractivity (Wildman–Crippen MR) is 71.6 cm³/mol. The van der Waals surface area contributed by atoms with Gasteiger partial charge >= 0.3 is 0 Å². The van der Waals surface area contributed by atoms with Crippen LogP contribution in [0, 0.1) is 0 Å². The number of sulfonamides is 1. The Kier molecular flexibility index (Phi) is 6.35. The molecule has 2 N–H and O–H groups in total. The van der Waals surface area contributed by atoms with Crippen molar-refractivity contribution in [1.29, 1.82) is 0 Å². The zero-order chi connectivity index (χ0) is 13.4. The largest absolute Gasteiger partial charge is 0.355 e. The molecule has 0 saturated heterocycles. The Balaban J connectivity index is 2.15. The highest BCUT2D eigenvalue weighted by atomic mass is 32.2. The molecule has 18 heavy (non-hydrogen) atoms. The molecule has 0 aliphatic heterocycles. The van der Waals surface area contributed by atoms with Crippen LogP contribution in [-0.4, -0.2) is 33.2 Å². The Morgan fingerprint density at radius 2 is 2.17 bits per heavy atom. The molecule has 1 rings (SSSR count). The van der Waals surface area contributed by atoms with E-state index in [1.54, 1.807) is 0 Å². The molecule has 0 heterocycles. The van der Waals surface area contributed by atoms with Gasteiger partial charge in [-0.2, -0.15) is 0 Å². The lowest BCUT2D eigenvalue weighted by Gasteiger charge is -2.13. The minimum Gasteiger partial charge on any atom is -0.355 e. The number of hydrogen-bond acceptors (Lipinski definition) is 3. The van der Waals surface area contributed by atoms with Crippen LogP contribution in [-0.2, 0) is 14.8 Å². The maximum atomic E-state index is 11.4. The van der Waals surface area contributed by atoms with Crippen molar-refractivity contribution in [2.45, 2.75) is 39.0 Å². The van der Waals surface area contributed by atoms with Gasteiger partial charge in [0.1, 0.15) is 0 Å². The van der Waals surface area contributed by atoms with Crippen molar-refractivity contribution in [1.82, 2.24) is 10.0 Å². The summed E-state index contributed by atoms with van der Waals surface area (Å²) in [6, 6.07) is 0. The van der Waals surface area contributed by atoms with Crippen molar-refractivity contribution >= 4 is 15.9 Å². The first-order valence-electron chi connectivity index (χ1n) is 6.45. The average Bonchev–Trinajstić information content (AvgIpc) is 2.38. The molecular weight excluding hydrogens is 252 g/mol. The monoisotopic (exact) mass is 274 g/mol. The van der Waals surface area contributed by atoms with Crippen LogP contribution in [0.4, 0.5) is 0 Å². The van der Waals surface area contributed by atoms with Crippen LogP contribution < -0.4 is 10.0 Å². The van der Waals surface area contributed by atoms with Gasteiger partial charge in [-0.25, -0.2) is 13.1 Å². The van der Waals surface area contributed by atoms with E-state index in [-0.39, 0.29) is 18.2 Å². The van der Waals surface area contributed by atoms with Crippen LogP contribution >= 0.6 is 0 Å². The normalized spacial score (nSPS) is 16.2. The molecule has 0 spiro atoms. The molecule has 5 nitrogen and oxygen atoms in total. The van der Waals surface area contributed by atoms with Crippen molar-refractivity contribution in [2.24, 2.45) is 0 Å². The van der Waals surface area contributed by atoms with Crippen molar-refractivity contribution in [3.05, 3.63) is 11.6 Å². The summed E-state index contributed by atoms with van der Waals surface area (Å²) in [6.07, 6.45) is 7.87. The summed E-state index contributed by atoms with van der Waals surface area (Å²) >= 11 is 0. The summed E-state index contributed by atoms with van der Waals surface area (Å²) in [5.41, 5.74) is 1.40. The van der Waals surface area contributed by atoms with E-state index in [0.717, 1.165) is 19.3 Å². The lowest BCUT2D eigenvalue weighted by molar-refractivity contribution is -0.119. The number of carbonyl (C=O) groups excluding carboxylic acids is 1. The van der Waals surface area contributed by atoms with Gasteiger partial charge in [-0.1, -0.05) is 11.6 Å². The van der Waals surface area contributed by atoms with E-state index in [1.165, 1.54) is 25.3 Å². The molecule has 0 aromatic heterocycles. The number of allylic oxidation sites excluding steroid dienone is 1. The maximum absolute atomic E-state index is 11.4. The first kappa shape index (κ1) is 15.2. The van der Waals surface area contributed by atoms with Gasteiger partial charge in [-0.15, -0.1) is 0 Å². The molecule has 0 aromatic carbocycles. The quantitative estimate of drug-likeness (QED) is 0.678. The standard InChI is InChI=1S/C12H22N2O3S/c1-2-18(16,17)14-10-12(15)13-9-8-11-6-4-3-5-7-11/h6,14H,2-5,7-10H2,1H3,(H,13,15). The molecule has 0 saturated carbocycles. The number of carbonyl (C=O) groups is 1. The van der Waals surface area contributed by atoms with Gasteiger partial charge in [0.25, 0.3) is 0 Å². The molecule has 0 fully saturated rings. The van der Waals surface area contributed by atoms with Crippen molar-refractivity contribution in [3.8, 4) is 0 Å². The zero-order valence-electron chi connectivity index (χ0n) is 10.9. The minimum atomic E-state index is -3.28. The molecule has 104 valence electrons. The fourth-order valence-corrected chi connectivity index (χ4v) is 2.39. The van der Waals surface area contributed by atoms with Crippen molar-refractivity contribution < 1.29 is 13.2 Å². The second-order valence-corrected chi connectivity index (χ2v) is 6.53. The topological polar surface area (TPSA) is 75.3 Å². The predicted octanol–water partition coefficient (Wildman–Crippen LogP) is 0.932. The molecule has 0 bridgehead atoms. The van der Waals surface area contributed by atoms with Gasteiger partial charge in [0.15, 0.2) is 0 Å². The van der Waals surface area contributed by atoms with Gasteiger partial charge in [0.2, 0.25) is 15.9 Å². The Morgan fingerprint density at radius 3 is 2.78 bits per heavy atom. The highest BCUT2D eigenvalue weighted by Crippen LogP contribution is 2.19. The van der Waals surface area contributed by atoms with Crippen molar-refractivity contribution in [2.75, 3.05) is 18.8 Å². The molecule has 1 aliphatic carbocycles. The SMILES string of the molecule is CCS(=O)(=O)NCC(=O)NCCC1=CCCCC1. The Bertz CT molecular complexity index is 402. The van der Waals surface area contributed by atoms with Crippen LogP contribution in [0.25, 0.3) is 0 Å². The van der Waals surface area contributed by atoms with Crippen LogP contribution in [0.2, 0.25) is 0 Å². The summed E-state index contributed by atoms with van der Waals surface area (Å²) in [7, 11) is -3.28. The summed E-state index contributed by atoms with van der Waals surface area (Å²) in [4.78, 5) is 11.4. The third-order valence-electron chi connectivity index (χ3n) is 2.99. The van der Waals surface area contributed by atoms with Crippen LogP contribution in [0.15, 0.2) is 11.6 Å². The minimum absolute atomic E-state index is 0.00678. The maximum Gasteiger partial charge on any atom is 0.235 e. The number of rotatable bonds is 7. The number of nitrogens with one attached hydrogen (secondary N) is 2. The summed E-state index contributed by atoms with van der Waals surface area (Å²) < 4.78 is 24.5. The van der Waals surface area contributed by atoms with Gasteiger partial charge in [-0.3, -0.25) is 4.79 Å². The van der Waals surface area contributed by atoms with Gasteiger partial charge < -0.3 is 5.32 Å². The molecule has 1 amide bonds. The molecular formula is C12H22N2O3S. The van der Waals surface area contributed by atoms with Gasteiger partial charge in [0, 0.05) is 6.54 Å². The molecule has 0 radical (unpaired) electrons. The van der Waals surface area contributed by atoms with E-state index in [9.17, 15) is 13.2 Å². The molecule has 1 aliphatic rings. The molecule has 0 aromatic rings. The molecule has 0 atom stereocenters. The number of hydrogen-bond donors (Lipinski definition) is 2. The second kappa shape index (κ2) is 7.53. The first-order valence-corrected chi connectivity index (χ1v) is 8.10. The third kappa shape index (κ3) is 6.16. The average molecular weight is 274 g/mol. The van der Waals surface area contributed by atoms with Gasteiger partial charge in [0.05, 0.1) is 12.3 Å². The Labute approximate surface area is 109 Å². The van der Waals surface area contributed by atoms with E-state index in [2.05, 4.69) is 16.1 Å². The fraction of sp³-hybridized carbons (Fsp3) is 0.750. The lowest BCUT2D eigenvalue weighted by Crippen LogP contribution is -2.37. The highest BCUT2D eigenvalue weighted by Gasteiger charge is 2.09. The van der Waals surface area contributed by atoms with Gasteiger partial charge in [-0.05, 0) is 39.0 Å². The van der Waals surface area contributed by atoms with E-state index < -0.39 is 10.0 Å². The smallest absolute Gasteiger partial charge is 0.235 e.